The molecule has 130 valence electrons. The molecule has 3 aromatic heterocycles. The van der Waals surface area contributed by atoms with E-state index in [-0.39, 0.29) is 5.91 Å². The third kappa shape index (κ3) is 2.77. The predicted molar refractivity (Wildman–Crippen MR) is 89.6 cm³/mol. The first-order valence-corrected chi connectivity index (χ1v) is 8.52. The van der Waals surface area contributed by atoms with Crippen molar-refractivity contribution < 1.29 is 9.32 Å². The Morgan fingerprint density at radius 1 is 1.24 bits per heavy atom. The SMILES string of the molecule is CC(=O)NC1(c2noc(-c3ccc4nnc(C)n4c3)n2)CCCCC1. The number of hydrogen-bond donors (Lipinski definition) is 1. The van der Waals surface area contributed by atoms with Gasteiger partial charge in [-0.1, -0.05) is 24.4 Å². The van der Waals surface area contributed by atoms with E-state index in [4.69, 9.17) is 4.52 Å². The summed E-state index contributed by atoms with van der Waals surface area (Å²) in [7, 11) is 0. The van der Waals surface area contributed by atoms with Crippen molar-refractivity contribution in [3.8, 4) is 11.5 Å². The monoisotopic (exact) mass is 340 g/mol. The maximum Gasteiger partial charge on any atom is 0.259 e. The van der Waals surface area contributed by atoms with E-state index in [0.717, 1.165) is 49.1 Å². The molecular formula is C17H20N6O2. The van der Waals surface area contributed by atoms with Crippen LogP contribution >= 0.6 is 0 Å². The summed E-state index contributed by atoms with van der Waals surface area (Å²) in [6.07, 6.45) is 6.78. The number of nitrogens with zero attached hydrogens (tertiary/aromatic N) is 5. The quantitative estimate of drug-likeness (QED) is 0.786. The topological polar surface area (TPSA) is 98.2 Å². The molecule has 0 saturated heterocycles. The zero-order valence-corrected chi connectivity index (χ0v) is 14.3. The molecule has 1 saturated carbocycles. The predicted octanol–water partition coefficient (Wildman–Crippen LogP) is 2.38. The molecule has 0 aliphatic heterocycles. The average Bonchev–Trinajstić information content (AvgIpc) is 3.23. The Morgan fingerprint density at radius 3 is 2.80 bits per heavy atom. The maximum atomic E-state index is 11.7. The number of amides is 1. The highest BCUT2D eigenvalue weighted by molar-refractivity contribution is 5.74. The largest absolute Gasteiger partial charge is 0.343 e. The van der Waals surface area contributed by atoms with Gasteiger partial charge in [0.1, 0.15) is 11.4 Å². The summed E-state index contributed by atoms with van der Waals surface area (Å²) in [5, 5.41) is 15.4. The lowest BCUT2D eigenvalue weighted by molar-refractivity contribution is -0.121. The molecular weight excluding hydrogens is 320 g/mol. The van der Waals surface area contributed by atoms with Gasteiger partial charge in [0.15, 0.2) is 11.5 Å². The second kappa shape index (κ2) is 5.94. The molecule has 0 radical (unpaired) electrons. The summed E-state index contributed by atoms with van der Waals surface area (Å²) >= 11 is 0. The van der Waals surface area contributed by atoms with Crippen molar-refractivity contribution in [2.24, 2.45) is 0 Å². The van der Waals surface area contributed by atoms with Gasteiger partial charge in [0, 0.05) is 13.1 Å². The molecule has 8 nitrogen and oxygen atoms in total. The standard InChI is InChI=1S/C17H20N6O2/c1-11-20-21-14-7-6-13(10-23(11)14)15-18-16(22-25-15)17(19-12(2)24)8-4-3-5-9-17/h6-7,10H,3-5,8-9H2,1-2H3,(H,19,24). The molecule has 1 aliphatic rings. The lowest BCUT2D eigenvalue weighted by Crippen LogP contribution is -2.47. The molecule has 0 unspecified atom stereocenters. The number of pyridine rings is 1. The van der Waals surface area contributed by atoms with Crippen LogP contribution in [0.5, 0.6) is 0 Å². The van der Waals surface area contributed by atoms with Gasteiger partial charge in [0.05, 0.1) is 5.56 Å². The van der Waals surface area contributed by atoms with Crippen LogP contribution in [-0.2, 0) is 10.3 Å². The summed E-state index contributed by atoms with van der Waals surface area (Å²) in [6.45, 7) is 3.41. The Balaban J connectivity index is 1.72. The van der Waals surface area contributed by atoms with Gasteiger partial charge < -0.3 is 9.84 Å². The van der Waals surface area contributed by atoms with Crippen molar-refractivity contribution in [1.82, 2.24) is 30.1 Å². The van der Waals surface area contributed by atoms with Crippen LogP contribution in [0.25, 0.3) is 17.1 Å². The fraction of sp³-hybridized carbons (Fsp3) is 0.471. The minimum atomic E-state index is -0.525. The highest BCUT2D eigenvalue weighted by Crippen LogP contribution is 2.36. The van der Waals surface area contributed by atoms with E-state index in [1.807, 2.05) is 29.7 Å². The molecule has 0 aromatic carbocycles. The van der Waals surface area contributed by atoms with E-state index in [0.29, 0.717) is 11.7 Å². The lowest BCUT2D eigenvalue weighted by Gasteiger charge is -2.34. The van der Waals surface area contributed by atoms with Crippen molar-refractivity contribution >= 4 is 11.6 Å². The van der Waals surface area contributed by atoms with Crippen molar-refractivity contribution in [2.45, 2.75) is 51.5 Å². The first-order chi connectivity index (χ1) is 12.1. The van der Waals surface area contributed by atoms with Crippen LogP contribution in [0.4, 0.5) is 0 Å². The number of carbonyl (C=O) groups is 1. The number of nitrogens with one attached hydrogen (secondary N) is 1. The fourth-order valence-electron chi connectivity index (χ4n) is 3.56. The Bertz CT molecular complexity index is 922. The highest BCUT2D eigenvalue weighted by atomic mass is 16.5. The van der Waals surface area contributed by atoms with Gasteiger partial charge in [0.2, 0.25) is 5.91 Å². The van der Waals surface area contributed by atoms with Gasteiger partial charge in [-0.25, -0.2) is 0 Å². The summed E-state index contributed by atoms with van der Waals surface area (Å²) < 4.78 is 7.39. The molecule has 0 bridgehead atoms. The lowest BCUT2D eigenvalue weighted by atomic mass is 9.81. The second-order valence-corrected chi connectivity index (χ2v) is 6.64. The molecule has 4 rings (SSSR count). The Labute approximate surface area is 144 Å². The molecule has 3 aromatic rings. The highest BCUT2D eigenvalue weighted by Gasteiger charge is 2.39. The van der Waals surface area contributed by atoms with Crippen LogP contribution in [0, 0.1) is 6.92 Å². The summed E-state index contributed by atoms with van der Waals surface area (Å²) in [5.74, 6) is 1.70. The molecule has 1 amide bonds. The van der Waals surface area contributed by atoms with Crippen LogP contribution in [0.1, 0.15) is 50.7 Å². The minimum Gasteiger partial charge on any atom is -0.343 e. The van der Waals surface area contributed by atoms with E-state index >= 15 is 0 Å². The number of rotatable bonds is 3. The molecule has 1 N–H and O–H groups in total. The van der Waals surface area contributed by atoms with E-state index in [1.54, 1.807) is 0 Å². The number of fused-ring (bicyclic) bond motifs is 1. The molecule has 25 heavy (non-hydrogen) atoms. The van der Waals surface area contributed by atoms with Crippen LogP contribution in [0.15, 0.2) is 22.9 Å². The van der Waals surface area contributed by atoms with Gasteiger partial charge >= 0.3 is 0 Å². The van der Waals surface area contributed by atoms with Gasteiger partial charge in [-0.2, -0.15) is 4.98 Å². The normalized spacial score (nSPS) is 16.9. The fourth-order valence-corrected chi connectivity index (χ4v) is 3.56. The minimum absolute atomic E-state index is 0.0743. The van der Waals surface area contributed by atoms with Crippen LogP contribution in [-0.4, -0.2) is 30.6 Å². The van der Waals surface area contributed by atoms with Crippen molar-refractivity contribution in [1.29, 1.82) is 0 Å². The van der Waals surface area contributed by atoms with Gasteiger partial charge in [0.25, 0.3) is 5.89 Å². The Hall–Kier alpha value is -2.77. The third-order valence-corrected chi connectivity index (χ3v) is 4.80. The molecule has 0 spiro atoms. The molecule has 0 atom stereocenters. The number of aryl methyl sites for hydroxylation is 1. The first kappa shape index (κ1) is 15.7. The van der Waals surface area contributed by atoms with Crippen LogP contribution in [0.3, 0.4) is 0 Å². The van der Waals surface area contributed by atoms with Crippen molar-refractivity contribution in [3.05, 3.63) is 30.0 Å². The number of aromatic nitrogens is 5. The van der Waals surface area contributed by atoms with E-state index in [9.17, 15) is 4.79 Å². The zero-order chi connectivity index (χ0) is 17.4. The first-order valence-electron chi connectivity index (χ1n) is 8.52. The number of hydrogen-bond acceptors (Lipinski definition) is 6. The van der Waals surface area contributed by atoms with E-state index in [2.05, 4.69) is 25.7 Å². The number of carbonyl (C=O) groups excluding carboxylic acids is 1. The van der Waals surface area contributed by atoms with Gasteiger partial charge in [-0.15, -0.1) is 10.2 Å². The maximum absolute atomic E-state index is 11.7. The Kier molecular flexibility index (Phi) is 3.74. The van der Waals surface area contributed by atoms with Crippen LogP contribution < -0.4 is 5.32 Å². The Morgan fingerprint density at radius 2 is 2.04 bits per heavy atom. The molecule has 1 fully saturated rings. The van der Waals surface area contributed by atoms with E-state index < -0.39 is 5.54 Å². The smallest absolute Gasteiger partial charge is 0.259 e. The third-order valence-electron chi connectivity index (χ3n) is 4.80. The summed E-state index contributed by atoms with van der Waals surface area (Å²) in [4.78, 5) is 16.3. The summed E-state index contributed by atoms with van der Waals surface area (Å²) in [5.41, 5.74) is 1.04. The van der Waals surface area contributed by atoms with Crippen LogP contribution in [0.2, 0.25) is 0 Å². The molecule has 8 heteroatoms. The average molecular weight is 340 g/mol. The van der Waals surface area contributed by atoms with Crippen molar-refractivity contribution in [2.75, 3.05) is 0 Å². The second-order valence-electron chi connectivity index (χ2n) is 6.64. The molecule has 3 heterocycles. The van der Waals surface area contributed by atoms with E-state index in [1.165, 1.54) is 6.92 Å². The summed E-state index contributed by atoms with van der Waals surface area (Å²) in [6, 6.07) is 3.75. The molecule has 1 aliphatic carbocycles. The van der Waals surface area contributed by atoms with Gasteiger partial charge in [-0.3, -0.25) is 9.20 Å². The zero-order valence-electron chi connectivity index (χ0n) is 14.3. The van der Waals surface area contributed by atoms with Gasteiger partial charge in [-0.05, 0) is 31.9 Å². The van der Waals surface area contributed by atoms with Crippen molar-refractivity contribution in [3.63, 3.8) is 0 Å².